The van der Waals surface area contributed by atoms with Gasteiger partial charge < -0.3 is 5.43 Å². The number of anilines is 1. The molecule has 2 rings (SSSR count). The van der Waals surface area contributed by atoms with Gasteiger partial charge in [-0.15, -0.1) is 10.2 Å². The molecule has 2 heterocycles. The fraction of sp³-hybridized carbons (Fsp3) is 0.100. The van der Waals surface area contributed by atoms with Crippen LogP contribution in [0.5, 0.6) is 0 Å². The van der Waals surface area contributed by atoms with Gasteiger partial charge in [0.1, 0.15) is 0 Å². The maximum absolute atomic E-state index is 5.27. The molecule has 0 unspecified atom stereocenters. The van der Waals surface area contributed by atoms with Crippen LogP contribution >= 0.6 is 0 Å². The number of nitrogen functional groups attached to an aromatic ring is 1. The molecule has 0 aliphatic rings. The van der Waals surface area contributed by atoms with E-state index in [9.17, 15) is 0 Å². The van der Waals surface area contributed by atoms with E-state index in [1.165, 1.54) is 0 Å². The number of hydrogen-bond acceptors (Lipinski definition) is 5. The SMILES string of the molecule is Cc1cc(-c2cccnc2)nnc1NN. The van der Waals surface area contributed by atoms with E-state index in [1.54, 1.807) is 12.4 Å². The number of nitrogens with two attached hydrogens (primary N) is 1. The summed E-state index contributed by atoms with van der Waals surface area (Å²) in [5.74, 6) is 5.86. The summed E-state index contributed by atoms with van der Waals surface area (Å²) in [7, 11) is 0. The average molecular weight is 201 g/mol. The zero-order valence-electron chi connectivity index (χ0n) is 8.31. The van der Waals surface area contributed by atoms with Gasteiger partial charge in [0.25, 0.3) is 0 Å². The number of rotatable bonds is 2. The second-order valence-corrected chi connectivity index (χ2v) is 3.15. The molecular formula is C10H11N5. The first-order chi connectivity index (χ1) is 7.31. The van der Waals surface area contributed by atoms with E-state index in [4.69, 9.17) is 5.84 Å². The Balaban J connectivity index is 2.43. The second-order valence-electron chi connectivity index (χ2n) is 3.15. The molecule has 2 aromatic heterocycles. The van der Waals surface area contributed by atoms with Crippen LogP contribution in [-0.4, -0.2) is 15.2 Å². The van der Waals surface area contributed by atoms with Gasteiger partial charge in [-0.2, -0.15) is 0 Å². The van der Waals surface area contributed by atoms with Crippen molar-refractivity contribution >= 4 is 5.82 Å². The summed E-state index contributed by atoms with van der Waals surface area (Å²) in [6.07, 6.45) is 3.47. The molecule has 0 atom stereocenters. The zero-order valence-corrected chi connectivity index (χ0v) is 8.31. The molecule has 0 spiro atoms. The van der Waals surface area contributed by atoms with Crippen molar-refractivity contribution in [3.05, 3.63) is 36.2 Å². The van der Waals surface area contributed by atoms with Crippen LogP contribution < -0.4 is 11.3 Å². The van der Waals surface area contributed by atoms with Gasteiger partial charge in [-0.1, -0.05) is 0 Å². The Labute approximate surface area is 87.3 Å². The van der Waals surface area contributed by atoms with E-state index in [0.29, 0.717) is 5.82 Å². The summed E-state index contributed by atoms with van der Waals surface area (Å²) in [5, 5.41) is 8.01. The summed E-state index contributed by atoms with van der Waals surface area (Å²) in [6, 6.07) is 5.71. The fourth-order valence-electron chi connectivity index (χ4n) is 1.28. The molecule has 2 aromatic rings. The lowest BCUT2D eigenvalue weighted by Gasteiger charge is -2.04. The van der Waals surface area contributed by atoms with Crippen LogP contribution in [0.3, 0.4) is 0 Å². The average Bonchev–Trinajstić information content (AvgIpc) is 2.30. The van der Waals surface area contributed by atoms with Gasteiger partial charge in [0.05, 0.1) is 5.69 Å². The third kappa shape index (κ3) is 1.92. The van der Waals surface area contributed by atoms with Crippen molar-refractivity contribution in [3.63, 3.8) is 0 Å². The van der Waals surface area contributed by atoms with Gasteiger partial charge in [0.15, 0.2) is 5.82 Å². The highest BCUT2D eigenvalue weighted by Gasteiger charge is 2.03. The second kappa shape index (κ2) is 4.02. The first-order valence-electron chi connectivity index (χ1n) is 4.52. The third-order valence-corrected chi connectivity index (χ3v) is 2.08. The standard InChI is InChI=1S/C10H11N5/c1-7-5-9(14-15-10(7)13-11)8-3-2-4-12-6-8/h2-6H,11H2,1H3,(H,13,15). The molecule has 0 fully saturated rings. The number of aromatic nitrogens is 3. The van der Waals surface area contributed by atoms with Gasteiger partial charge in [-0.05, 0) is 30.7 Å². The zero-order chi connectivity index (χ0) is 10.7. The Morgan fingerprint density at radius 2 is 2.20 bits per heavy atom. The highest BCUT2D eigenvalue weighted by molar-refractivity contribution is 5.60. The fourth-order valence-corrected chi connectivity index (χ4v) is 1.28. The smallest absolute Gasteiger partial charge is 0.165 e. The van der Waals surface area contributed by atoms with Crippen molar-refractivity contribution in [2.45, 2.75) is 6.92 Å². The summed E-state index contributed by atoms with van der Waals surface area (Å²) < 4.78 is 0. The number of nitrogens with one attached hydrogen (secondary N) is 1. The molecule has 3 N–H and O–H groups in total. The molecule has 5 nitrogen and oxygen atoms in total. The number of pyridine rings is 1. The van der Waals surface area contributed by atoms with Gasteiger partial charge in [-0.3, -0.25) is 4.98 Å². The van der Waals surface area contributed by atoms with Crippen LogP contribution in [0.1, 0.15) is 5.56 Å². The molecule has 5 heteroatoms. The van der Waals surface area contributed by atoms with E-state index < -0.39 is 0 Å². The summed E-state index contributed by atoms with van der Waals surface area (Å²) in [4.78, 5) is 4.03. The van der Waals surface area contributed by atoms with Gasteiger partial charge >= 0.3 is 0 Å². The molecule has 0 saturated heterocycles. The molecule has 0 bridgehead atoms. The Bertz CT molecular complexity index is 455. The topological polar surface area (TPSA) is 76.7 Å². The van der Waals surface area contributed by atoms with Crippen molar-refractivity contribution in [1.82, 2.24) is 15.2 Å². The van der Waals surface area contributed by atoms with E-state index in [-0.39, 0.29) is 0 Å². The van der Waals surface area contributed by atoms with Crippen LogP contribution in [0.2, 0.25) is 0 Å². The van der Waals surface area contributed by atoms with Crippen LogP contribution in [0.15, 0.2) is 30.6 Å². The van der Waals surface area contributed by atoms with Crippen molar-refractivity contribution in [3.8, 4) is 11.3 Å². The van der Waals surface area contributed by atoms with Crippen molar-refractivity contribution in [1.29, 1.82) is 0 Å². The quantitative estimate of drug-likeness (QED) is 0.562. The van der Waals surface area contributed by atoms with Crippen LogP contribution in [0, 0.1) is 6.92 Å². The number of aryl methyl sites for hydroxylation is 1. The lowest BCUT2D eigenvalue weighted by molar-refractivity contribution is 1.01. The Morgan fingerprint density at radius 3 is 2.80 bits per heavy atom. The molecule has 0 aliphatic carbocycles. The maximum atomic E-state index is 5.27. The van der Waals surface area contributed by atoms with Crippen LogP contribution in [0.25, 0.3) is 11.3 Å². The molecule has 0 amide bonds. The Hall–Kier alpha value is -2.01. The van der Waals surface area contributed by atoms with E-state index in [0.717, 1.165) is 16.8 Å². The Morgan fingerprint density at radius 1 is 1.33 bits per heavy atom. The van der Waals surface area contributed by atoms with Crippen LogP contribution in [-0.2, 0) is 0 Å². The number of hydrogen-bond donors (Lipinski definition) is 2. The first-order valence-corrected chi connectivity index (χ1v) is 4.52. The normalized spacial score (nSPS) is 10.0. The minimum atomic E-state index is 0.586. The summed E-state index contributed by atoms with van der Waals surface area (Å²) >= 11 is 0. The lowest BCUT2D eigenvalue weighted by atomic mass is 10.1. The molecular weight excluding hydrogens is 190 g/mol. The molecule has 76 valence electrons. The monoisotopic (exact) mass is 201 g/mol. The van der Waals surface area contributed by atoms with E-state index in [2.05, 4.69) is 20.6 Å². The maximum Gasteiger partial charge on any atom is 0.165 e. The Kier molecular flexibility index (Phi) is 2.55. The van der Waals surface area contributed by atoms with E-state index >= 15 is 0 Å². The third-order valence-electron chi connectivity index (χ3n) is 2.08. The van der Waals surface area contributed by atoms with E-state index in [1.807, 2.05) is 25.1 Å². The molecule has 0 radical (unpaired) electrons. The van der Waals surface area contributed by atoms with Crippen molar-refractivity contribution < 1.29 is 0 Å². The van der Waals surface area contributed by atoms with Gasteiger partial charge in [-0.25, -0.2) is 5.84 Å². The lowest BCUT2D eigenvalue weighted by Crippen LogP contribution is -2.11. The molecule has 0 aliphatic heterocycles. The van der Waals surface area contributed by atoms with Crippen LogP contribution in [0.4, 0.5) is 5.82 Å². The minimum absolute atomic E-state index is 0.586. The molecule has 0 saturated carbocycles. The van der Waals surface area contributed by atoms with Crippen molar-refractivity contribution in [2.24, 2.45) is 5.84 Å². The predicted octanol–water partition coefficient (Wildman–Crippen LogP) is 1.13. The molecule has 15 heavy (non-hydrogen) atoms. The summed E-state index contributed by atoms with van der Waals surface area (Å²) in [6.45, 7) is 1.92. The number of hydrazine groups is 1. The molecule has 0 aromatic carbocycles. The summed E-state index contributed by atoms with van der Waals surface area (Å²) in [5.41, 5.74) is 5.17. The number of nitrogens with zero attached hydrogens (tertiary/aromatic N) is 3. The van der Waals surface area contributed by atoms with Crippen molar-refractivity contribution in [2.75, 3.05) is 5.43 Å². The minimum Gasteiger partial charge on any atom is -0.307 e. The first kappa shape index (κ1) is 9.54. The van der Waals surface area contributed by atoms with Gasteiger partial charge in [0.2, 0.25) is 0 Å². The predicted molar refractivity (Wildman–Crippen MR) is 57.8 cm³/mol. The highest BCUT2D eigenvalue weighted by Crippen LogP contribution is 2.18. The van der Waals surface area contributed by atoms with Gasteiger partial charge in [0, 0.05) is 18.0 Å². The largest absolute Gasteiger partial charge is 0.307 e. The highest BCUT2D eigenvalue weighted by atomic mass is 15.3.